The topological polar surface area (TPSA) is 60.0 Å². The predicted molar refractivity (Wildman–Crippen MR) is 76.8 cm³/mol. The van der Waals surface area contributed by atoms with Crippen molar-refractivity contribution in [3.63, 3.8) is 0 Å². The standard InChI is InChI=1S/C15H29NO4/c1-12-4-2-3-5-15(12)20-10-13(17)8-16-9-14-11-18-6-7-19-14/h12-17H,2-11H2,1H3. The van der Waals surface area contributed by atoms with Crippen molar-refractivity contribution < 1.29 is 19.3 Å². The highest BCUT2D eigenvalue weighted by molar-refractivity contribution is 4.73. The minimum Gasteiger partial charge on any atom is -0.389 e. The van der Waals surface area contributed by atoms with Crippen molar-refractivity contribution in [3.8, 4) is 0 Å². The van der Waals surface area contributed by atoms with Gasteiger partial charge >= 0.3 is 0 Å². The molecule has 4 unspecified atom stereocenters. The summed E-state index contributed by atoms with van der Waals surface area (Å²) in [7, 11) is 0. The van der Waals surface area contributed by atoms with Gasteiger partial charge in [-0.05, 0) is 18.8 Å². The molecular weight excluding hydrogens is 258 g/mol. The Bertz CT molecular complexity index is 258. The lowest BCUT2D eigenvalue weighted by Gasteiger charge is -2.29. The van der Waals surface area contributed by atoms with Crippen LogP contribution in [0.1, 0.15) is 32.6 Å². The van der Waals surface area contributed by atoms with Crippen molar-refractivity contribution in [1.82, 2.24) is 5.32 Å². The summed E-state index contributed by atoms with van der Waals surface area (Å²) < 4.78 is 16.7. The zero-order valence-electron chi connectivity index (χ0n) is 12.6. The van der Waals surface area contributed by atoms with Crippen molar-refractivity contribution in [1.29, 1.82) is 0 Å². The van der Waals surface area contributed by atoms with Crippen LogP contribution in [-0.2, 0) is 14.2 Å². The minimum absolute atomic E-state index is 0.107. The fraction of sp³-hybridized carbons (Fsp3) is 1.00. The van der Waals surface area contributed by atoms with Gasteiger partial charge in [0.05, 0.1) is 44.7 Å². The van der Waals surface area contributed by atoms with Crippen LogP contribution in [-0.4, -0.2) is 62.9 Å². The lowest BCUT2D eigenvalue weighted by molar-refractivity contribution is -0.0878. The van der Waals surface area contributed by atoms with Gasteiger partial charge in [0.15, 0.2) is 0 Å². The molecule has 2 rings (SSSR count). The lowest BCUT2D eigenvalue weighted by atomic mass is 9.88. The third kappa shape index (κ3) is 5.66. The largest absolute Gasteiger partial charge is 0.389 e. The van der Waals surface area contributed by atoms with Crippen molar-refractivity contribution in [3.05, 3.63) is 0 Å². The molecule has 0 spiro atoms. The predicted octanol–water partition coefficient (Wildman–Crippen LogP) is 0.948. The molecule has 1 saturated heterocycles. The summed E-state index contributed by atoms with van der Waals surface area (Å²) >= 11 is 0. The fourth-order valence-electron chi connectivity index (χ4n) is 2.89. The van der Waals surface area contributed by atoms with Crippen molar-refractivity contribution in [2.45, 2.75) is 50.9 Å². The summed E-state index contributed by atoms with van der Waals surface area (Å²) in [5, 5.41) is 13.2. The van der Waals surface area contributed by atoms with Crippen LogP contribution in [0.2, 0.25) is 0 Å². The molecule has 0 amide bonds. The van der Waals surface area contributed by atoms with E-state index in [0.717, 1.165) is 13.0 Å². The first-order valence-electron chi connectivity index (χ1n) is 7.95. The highest BCUT2D eigenvalue weighted by atomic mass is 16.6. The summed E-state index contributed by atoms with van der Waals surface area (Å²) in [6, 6.07) is 0. The van der Waals surface area contributed by atoms with E-state index in [-0.39, 0.29) is 6.10 Å². The smallest absolute Gasteiger partial charge is 0.0933 e. The molecule has 0 aromatic carbocycles. The number of ether oxygens (including phenoxy) is 3. The highest BCUT2D eigenvalue weighted by Crippen LogP contribution is 2.26. The summed E-state index contributed by atoms with van der Waals surface area (Å²) in [5.41, 5.74) is 0. The van der Waals surface area contributed by atoms with Gasteiger partial charge in [-0.25, -0.2) is 0 Å². The number of rotatable bonds is 7. The molecular formula is C15H29NO4. The SMILES string of the molecule is CC1CCCCC1OCC(O)CNCC1COCCO1. The second-order valence-corrected chi connectivity index (χ2v) is 6.01. The summed E-state index contributed by atoms with van der Waals surface area (Å²) in [6.45, 7) is 5.92. The summed E-state index contributed by atoms with van der Waals surface area (Å²) in [5.74, 6) is 0.622. The molecule has 0 aromatic heterocycles. The van der Waals surface area contributed by atoms with E-state index in [2.05, 4.69) is 12.2 Å². The molecule has 2 N–H and O–H groups in total. The number of nitrogens with one attached hydrogen (secondary N) is 1. The lowest BCUT2D eigenvalue weighted by Crippen LogP contribution is -2.41. The zero-order chi connectivity index (χ0) is 14.2. The molecule has 0 radical (unpaired) electrons. The zero-order valence-corrected chi connectivity index (χ0v) is 12.6. The number of hydrogen-bond donors (Lipinski definition) is 2. The highest BCUT2D eigenvalue weighted by Gasteiger charge is 2.22. The van der Waals surface area contributed by atoms with Gasteiger partial charge in [0.1, 0.15) is 0 Å². The molecule has 1 heterocycles. The van der Waals surface area contributed by atoms with Gasteiger partial charge in [0, 0.05) is 13.1 Å². The molecule has 1 saturated carbocycles. The molecule has 4 atom stereocenters. The normalized spacial score (nSPS) is 33.0. The maximum Gasteiger partial charge on any atom is 0.0933 e. The third-order valence-electron chi connectivity index (χ3n) is 4.17. The Hall–Kier alpha value is -0.200. The summed E-state index contributed by atoms with van der Waals surface area (Å²) in [6.07, 6.45) is 4.93. The average molecular weight is 287 g/mol. The van der Waals surface area contributed by atoms with Crippen molar-refractivity contribution in [2.75, 3.05) is 39.5 Å². The second-order valence-electron chi connectivity index (χ2n) is 6.01. The van der Waals surface area contributed by atoms with Crippen molar-refractivity contribution in [2.24, 2.45) is 5.92 Å². The average Bonchev–Trinajstić information content (AvgIpc) is 2.47. The maximum absolute atomic E-state index is 9.94. The molecule has 5 heteroatoms. The Morgan fingerprint density at radius 1 is 1.30 bits per heavy atom. The van der Waals surface area contributed by atoms with E-state index >= 15 is 0 Å². The van der Waals surface area contributed by atoms with Crippen LogP contribution in [0, 0.1) is 5.92 Å². The molecule has 1 aliphatic heterocycles. The molecule has 2 aliphatic rings. The van der Waals surface area contributed by atoms with Crippen molar-refractivity contribution >= 4 is 0 Å². The van der Waals surface area contributed by atoms with Crippen LogP contribution < -0.4 is 5.32 Å². The number of aliphatic hydroxyl groups excluding tert-OH is 1. The Morgan fingerprint density at radius 2 is 2.15 bits per heavy atom. The van der Waals surface area contributed by atoms with Gasteiger partial charge in [0.25, 0.3) is 0 Å². The Labute approximate surface area is 122 Å². The molecule has 2 fully saturated rings. The van der Waals surface area contributed by atoms with Crippen LogP contribution >= 0.6 is 0 Å². The van der Waals surface area contributed by atoms with Crippen LogP contribution in [0.15, 0.2) is 0 Å². The maximum atomic E-state index is 9.94. The van der Waals surface area contributed by atoms with E-state index in [9.17, 15) is 5.11 Å². The molecule has 5 nitrogen and oxygen atoms in total. The molecule has 0 aromatic rings. The van der Waals surface area contributed by atoms with Crippen LogP contribution in [0.5, 0.6) is 0 Å². The van der Waals surface area contributed by atoms with E-state index in [1.165, 1.54) is 19.3 Å². The Kier molecular flexibility index (Phi) is 7.24. The van der Waals surface area contributed by atoms with E-state index in [1.807, 2.05) is 0 Å². The molecule has 0 bridgehead atoms. The van der Waals surface area contributed by atoms with Crippen LogP contribution in [0.25, 0.3) is 0 Å². The molecule has 20 heavy (non-hydrogen) atoms. The summed E-state index contributed by atoms with van der Waals surface area (Å²) in [4.78, 5) is 0. The van der Waals surface area contributed by atoms with E-state index in [1.54, 1.807) is 0 Å². The first-order chi connectivity index (χ1) is 9.75. The monoisotopic (exact) mass is 287 g/mol. The second kappa shape index (κ2) is 8.95. The number of hydrogen-bond acceptors (Lipinski definition) is 5. The third-order valence-corrected chi connectivity index (χ3v) is 4.17. The first-order valence-corrected chi connectivity index (χ1v) is 7.95. The van der Waals surface area contributed by atoms with Gasteiger partial charge in [-0.15, -0.1) is 0 Å². The van der Waals surface area contributed by atoms with E-state index < -0.39 is 6.10 Å². The molecule has 118 valence electrons. The van der Waals surface area contributed by atoms with Gasteiger partial charge in [-0.1, -0.05) is 19.8 Å². The van der Waals surface area contributed by atoms with Crippen LogP contribution in [0.4, 0.5) is 0 Å². The Balaban J connectivity index is 1.52. The Morgan fingerprint density at radius 3 is 2.90 bits per heavy atom. The first kappa shape index (κ1) is 16.2. The van der Waals surface area contributed by atoms with Crippen LogP contribution in [0.3, 0.4) is 0 Å². The van der Waals surface area contributed by atoms with Gasteiger partial charge < -0.3 is 24.6 Å². The quantitative estimate of drug-likeness (QED) is 0.730. The van der Waals surface area contributed by atoms with Gasteiger partial charge in [-0.3, -0.25) is 0 Å². The van der Waals surface area contributed by atoms with E-state index in [0.29, 0.717) is 45.0 Å². The van der Waals surface area contributed by atoms with Gasteiger partial charge in [-0.2, -0.15) is 0 Å². The number of aliphatic hydroxyl groups is 1. The molecule has 1 aliphatic carbocycles. The van der Waals surface area contributed by atoms with E-state index in [4.69, 9.17) is 14.2 Å². The minimum atomic E-state index is -0.450. The van der Waals surface area contributed by atoms with Gasteiger partial charge in [0.2, 0.25) is 0 Å². The fourth-order valence-corrected chi connectivity index (χ4v) is 2.89.